The van der Waals surface area contributed by atoms with Gasteiger partial charge in [0.15, 0.2) is 0 Å². The molecule has 0 saturated heterocycles. The third kappa shape index (κ3) is 2.74. The summed E-state index contributed by atoms with van der Waals surface area (Å²) >= 11 is 3.30. The summed E-state index contributed by atoms with van der Waals surface area (Å²) in [6.07, 6.45) is 0. The van der Waals surface area contributed by atoms with Crippen LogP contribution in [0.5, 0.6) is 5.75 Å². The fourth-order valence-corrected chi connectivity index (χ4v) is 4.43. The molecule has 7 heteroatoms. The maximum atomic E-state index is 13.0. The maximum Gasteiger partial charge on any atom is 0.210 e. The second-order valence-electron chi connectivity index (χ2n) is 5.29. The number of fused-ring (bicyclic) bond motifs is 1. The number of halogens is 1. The first-order valence-corrected chi connectivity index (χ1v) is 9.36. The molecule has 24 heavy (non-hydrogen) atoms. The Hall–Kier alpha value is -2.12. The molecule has 0 aliphatic carbocycles. The van der Waals surface area contributed by atoms with E-state index >= 15 is 0 Å². The molecule has 0 spiro atoms. The van der Waals surface area contributed by atoms with E-state index in [4.69, 9.17) is 10.5 Å². The molecule has 5 nitrogen and oxygen atoms in total. The molecule has 0 atom stereocenters. The second-order valence-corrected chi connectivity index (χ2v) is 8.09. The summed E-state index contributed by atoms with van der Waals surface area (Å²) in [4.78, 5) is 4.46. The van der Waals surface area contributed by atoms with E-state index in [1.54, 1.807) is 44.4 Å². The minimum atomic E-state index is -3.78. The molecule has 0 radical (unpaired) electrons. The fraction of sp³-hybridized carbons (Fsp3) is 0.118. The lowest BCUT2D eigenvalue weighted by Gasteiger charge is -2.13. The average molecular weight is 407 g/mol. The molecule has 0 unspecified atom stereocenters. The Morgan fingerprint density at radius 3 is 2.42 bits per heavy atom. The Kier molecular flexibility index (Phi) is 4.23. The molecule has 0 fully saturated rings. The normalized spacial score (nSPS) is 11.6. The number of ether oxygens (including phenoxy) is 1. The molecule has 0 aliphatic rings. The Balaban J connectivity index is 2.30. The third-order valence-corrected chi connectivity index (χ3v) is 6.29. The first-order valence-electron chi connectivity index (χ1n) is 7.09. The molecule has 0 bridgehead atoms. The van der Waals surface area contributed by atoms with Gasteiger partial charge in [-0.05, 0) is 55.0 Å². The smallest absolute Gasteiger partial charge is 0.210 e. The molecule has 0 amide bonds. The predicted molar refractivity (Wildman–Crippen MR) is 97.0 cm³/mol. The highest BCUT2D eigenvalue weighted by atomic mass is 79.9. The van der Waals surface area contributed by atoms with Gasteiger partial charge >= 0.3 is 0 Å². The van der Waals surface area contributed by atoms with Crippen LogP contribution in [0.2, 0.25) is 0 Å². The molecule has 0 saturated carbocycles. The van der Waals surface area contributed by atoms with E-state index in [2.05, 4.69) is 20.9 Å². The summed E-state index contributed by atoms with van der Waals surface area (Å²) < 4.78 is 32.1. The fourth-order valence-electron chi connectivity index (χ4n) is 2.61. The molecule has 2 aromatic carbocycles. The summed E-state index contributed by atoms with van der Waals surface area (Å²) in [5, 5.41) is 0.694. The number of aryl methyl sites for hydroxylation is 1. The number of anilines is 1. The number of nitrogens with zero attached hydrogens (tertiary/aromatic N) is 1. The van der Waals surface area contributed by atoms with Gasteiger partial charge in [-0.1, -0.05) is 15.9 Å². The number of methoxy groups -OCH3 is 1. The van der Waals surface area contributed by atoms with E-state index in [0.29, 0.717) is 22.2 Å². The molecule has 3 aromatic rings. The molecule has 1 heterocycles. The van der Waals surface area contributed by atoms with E-state index in [1.807, 2.05) is 0 Å². The van der Waals surface area contributed by atoms with Gasteiger partial charge in [0.05, 0.1) is 17.5 Å². The van der Waals surface area contributed by atoms with Crippen LogP contribution in [0, 0.1) is 6.92 Å². The standard InChI is InChI=1S/C17H15BrN2O3S/c1-10-14-9-12(23-2)5-8-15(14)20-17(19)16(10)24(21,22)13-6-3-11(18)4-7-13/h3-9H,1-2H3,(H2,19,20). The number of nitrogens with two attached hydrogens (primary N) is 1. The van der Waals surface area contributed by atoms with Gasteiger partial charge in [-0.25, -0.2) is 13.4 Å². The number of sulfone groups is 1. The lowest BCUT2D eigenvalue weighted by atomic mass is 10.1. The van der Waals surface area contributed by atoms with Crippen LogP contribution in [-0.2, 0) is 9.84 Å². The summed E-state index contributed by atoms with van der Waals surface area (Å²) in [6, 6.07) is 11.7. The highest BCUT2D eigenvalue weighted by Crippen LogP contribution is 2.34. The quantitative estimate of drug-likeness (QED) is 0.716. The van der Waals surface area contributed by atoms with Crippen molar-refractivity contribution < 1.29 is 13.2 Å². The Morgan fingerprint density at radius 1 is 1.12 bits per heavy atom. The van der Waals surface area contributed by atoms with E-state index < -0.39 is 9.84 Å². The number of hydrogen-bond acceptors (Lipinski definition) is 5. The molecule has 3 rings (SSSR count). The minimum absolute atomic E-state index is 0.00640. The van der Waals surface area contributed by atoms with Gasteiger partial charge in [-0.2, -0.15) is 0 Å². The van der Waals surface area contributed by atoms with Crippen molar-refractivity contribution >= 4 is 42.5 Å². The molecular formula is C17H15BrN2O3S. The van der Waals surface area contributed by atoms with Crippen LogP contribution < -0.4 is 10.5 Å². The number of aromatic nitrogens is 1. The van der Waals surface area contributed by atoms with Crippen LogP contribution in [0.4, 0.5) is 5.82 Å². The van der Waals surface area contributed by atoms with Crippen LogP contribution >= 0.6 is 15.9 Å². The van der Waals surface area contributed by atoms with Crippen LogP contribution in [0.3, 0.4) is 0 Å². The number of pyridine rings is 1. The Labute approximate surface area is 148 Å². The highest BCUT2D eigenvalue weighted by Gasteiger charge is 2.25. The Bertz CT molecular complexity index is 1030. The van der Waals surface area contributed by atoms with Gasteiger partial charge in [0, 0.05) is 9.86 Å². The average Bonchev–Trinajstić information content (AvgIpc) is 2.54. The summed E-state index contributed by atoms with van der Waals surface area (Å²) in [7, 11) is -2.22. The van der Waals surface area contributed by atoms with Crippen molar-refractivity contribution in [2.24, 2.45) is 0 Å². The van der Waals surface area contributed by atoms with Crippen LogP contribution in [0.15, 0.2) is 56.7 Å². The van der Waals surface area contributed by atoms with Gasteiger partial charge in [-0.15, -0.1) is 0 Å². The molecule has 124 valence electrons. The van der Waals surface area contributed by atoms with Gasteiger partial charge in [0.2, 0.25) is 9.84 Å². The number of rotatable bonds is 3. The van der Waals surface area contributed by atoms with E-state index in [1.165, 1.54) is 12.1 Å². The van der Waals surface area contributed by atoms with E-state index in [-0.39, 0.29) is 15.6 Å². The first kappa shape index (κ1) is 16.7. The lowest BCUT2D eigenvalue weighted by Crippen LogP contribution is -2.10. The van der Waals surface area contributed by atoms with Gasteiger partial charge in [0.25, 0.3) is 0 Å². The molecule has 2 N–H and O–H groups in total. The molecule has 0 aliphatic heterocycles. The monoisotopic (exact) mass is 406 g/mol. The van der Waals surface area contributed by atoms with Crippen molar-refractivity contribution in [3.05, 3.63) is 52.5 Å². The SMILES string of the molecule is COc1ccc2nc(N)c(S(=O)(=O)c3ccc(Br)cc3)c(C)c2c1. The largest absolute Gasteiger partial charge is 0.497 e. The molecule has 1 aromatic heterocycles. The zero-order valence-electron chi connectivity index (χ0n) is 13.1. The topological polar surface area (TPSA) is 82.3 Å². The highest BCUT2D eigenvalue weighted by molar-refractivity contribution is 9.10. The lowest BCUT2D eigenvalue weighted by molar-refractivity contribution is 0.415. The van der Waals surface area contributed by atoms with Crippen molar-refractivity contribution in [1.29, 1.82) is 0 Å². The predicted octanol–water partition coefficient (Wildman–Crippen LogP) is 3.73. The van der Waals surface area contributed by atoms with Crippen molar-refractivity contribution in [3.8, 4) is 5.75 Å². The van der Waals surface area contributed by atoms with Crippen LogP contribution in [0.1, 0.15) is 5.56 Å². The van der Waals surface area contributed by atoms with E-state index in [0.717, 1.165) is 4.47 Å². The number of hydrogen-bond donors (Lipinski definition) is 1. The minimum Gasteiger partial charge on any atom is -0.497 e. The number of nitrogen functional groups attached to an aromatic ring is 1. The van der Waals surface area contributed by atoms with Crippen molar-refractivity contribution in [1.82, 2.24) is 4.98 Å². The summed E-state index contributed by atoms with van der Waals surface area (Å²) in [6.45, 7) is 1.73. The second kappa shape index (κ2) is 6.07. The van der Waals surface area contributed by atoms with Crippen molar-refractivity contribution in [2.75, 3.05) is 12.8 Å². The van der Waals surface area contributed by atoms with Crippen molar-refractivity contribution in [2.45, 2.75) is 16.7 Å². The summed E-state index contributed by atoms with van der Waals surface area (Å²) in [5.74, 6) is 0.622. The van der Waals surface area contributed by atoms with Crippen LogP contribution in [-0.4, -0.2) is 20.5 Å². The third-order valence-electron chi connectivity index (χ3n) is 3.81. The maximum absolute atomic E-state index is 13.0. The van der Waals surface area contributed by atoms with Gasteiger partial charge in [-0.3, -0.25) is 0 Å². The van der Waals surface area contributed by atoms with Crippen LogP contribution in [0.25, 0.3) is 10.9 Å². The van der Waals surface area contributed by atoms with Gasteiger partial charge < -0.3 is 10.5 Å². The Morgan fingerprint density at radius 2 is 1.79 bits per heavy atom. The van der Waals surface area contributed by atoms with Gasteiger partial charge in [0.1, 0.15) is 16.5 Å². The molecular weight excluding hydrogens is 392 g/mol. The van der Waals surface area contributed by atoms with Crippen molar-refractivity contribution in [3.63, 3.8) is 0 Å². The zero-order chi connectivity index (χ0) is 17.5. The van der Waals surface area contributed by atoms with E-state index in [9.17, 15) is 8.42 Å². The summed E-state index contributed by atoms with van der Waals surface area (Å²) in [5.41, 5.74) is 7.16. The first-order chi connectivity index (χ1) is 11.3. The number of benzene rings is 2. The zero-order valence-corrected chi connectivity index (χ0v) is 15.5.